The van der Waals surface area contributed by atoms with Gasteiger partial charge >= 0.3 is 18.0 Å². The van der Waals surface area contributed by atoms with Gasteiger partial charge in [0.15, 0.2) is 0 Å². The van der Waals surface area contributed by atoms with Gasteiger partial charge in [-0.3, -0.25) is 0 Å². The molecule has 31 heavy (non-hydrogen) atoms. The highest BCUT2D eigenvalue weighted by atomic mass is 32.1. The van der Waals surface area contributed by atoms with Crippen molar-refractivity contribution >= 4 is 40.6 Å². The van der Waals surface area contributed by atoms with Crippen LogP contribution in [0.2, 0.25) is 0 Å². The molecule has 2 amide bonds. The van der Waals surface area contributed by atoms with Crippen LogP contribution >= 0.6 is 22.7 Å². The Bertz CT molecular complexity index is 1020. The Morgan fingerprint density at radius 3 is 2.84 bits per heavy atom. The average molecular weight is 461 g/mol. The fourth-order valence-corrected chi connectivity index (χ4v) is 5.75. The zero-order valence-electron chi connectivity index (χ0n) is 17.4. The van der Waals surface area contributed by atoms with Crippen molar-refractivity contribution in [2.24, 2.45) is 5.92 Å². The highest BCUT2D eigenvalue weighted by molar-refractivity contribution is 7.14. The first-order valence-electron chi connectivity index (χ1n) is 10.3. The topological polar surface area (TPSA) is 93.7 Å². The SMILES string of the molecule is CCOC(=O)C1=C(COC(=O)c2cc3c(s2)CC[C@H](C)C3)NC(=O)N[C@H]1c1cccs1. The van der Waals surface area contributed by atoms with Crippen LogP contribution in [0.15, 0.2) is 34.8 Å². The summed E-state index contributed by atoms with van der Waals surface area (Å²) >= 11 is 2.89. The predicted octanol–water partition coefficient (Wildman–Crippen LogP) is 3.96. The molecule has 0 unspecified atom stereocenters. The number of hydrogen-bond donors (Lipinski definition) is 2. The molecule has 7 nitrogen and oxygen atoms in total. The van der Waals surface area contributed by atoms with Crippen molar-refractivity contribution in [1.82, 2.24) is 10.6 Å². The molecule has 2 aromatic heterocycles. The van der Waals surface area contributed by atoms with Gasteiger partial charge in [0, 0.05) is 9.75 Å². The number of thiophene rings is 2. The van der Waals surface area contributed by atoms with Crippen molar-refractivity contribution in [3.8, 4) is 0 Å². The second kappa shape index (κ2) is 9.23. The summed E-state index contributed by atoms with van der Waals surface area (Å²) in [6.07, 6.45) is 3.08. The lowest BCUT2D eigenvalue weighted by Gasteiger charge is -2.28. The molecule has 0 spiro atoms. The van der Waals surface area contributed by atoms with Gasteiger partial charge in [-0.15, -0.1) is 22.7 Å². The third kappa shape index (κ3) is 4.67. The van der Waals surface area contributed by atoms with E-state index in [-0.39, 0.29) is 24.5 Å². The highest BCUT2D eigenvalue weighted by Crippen LogP contribution is 2.33. The molecule has 1 aliphatic heterocycles. The molecular formula is C22H24N2O5S2. The van der Waals surface area contributed by atoms with Crippen LogP contribution in [0.5, 0.6) is 0 Å². The van der Waals surface area contributed by atoms with E-state index < -0.39 is 24.0 Å². The van der Waals surface area contributed by atoms with Crippen molar-refractivity contribution in [2.75, 3.05) is 13.2 Å². The molecule has 0 bridgehead atoms. The van der Waals surface area contributed by atoms with Crippen molar-refractivity contribution in [3.63, 3.8) is 0 Å². The summed E-state index contributed by atoms with van der Waals surface area (Å²) in [6, 6.07) is 4.47. The van der Waals surface area contributed by atoms with E-state index in [0.717, 1.165) is 24.1 Å². The van der Waals surface area contributed by atoms with Gasteiger partial charge in [-0.1, -0.05) is 13.0 Å². The fourth-order valence-electron chi connectivity index (χ4n) is 3.87. The first-order chi connectivity index (χ1) is 15.0. The van der Waals surface area contributed by atoms with E-state index in [1.54, 1.807) is 6.92 Å². The number of aryl methyl sites for hydroxylation is 1. The summed E-state index contributed by atoms with van der Waals surface area (Å²) in [5.41, 5.74) is 1.70. The molecule has 2 atom stereocenters. The number of rotatable bonds is 6. The van der Waals surface area contributed by atoms with Crippen LogP contribution < -0.4 is 10.6 Å². The van der Waals surface area contributed by atoms with Gasteiger partial charge in [0.1, 0.15) is 11.5 Å². The van der Waals surface area contributed by atoms with E-state index in [0.29, 0.717) is 10.8 Å². The van der Waals surface area contributed by atoms with E-state index in [1.807, 2.05) is 23.6 Å². The third-order valence-electron chi connectivity index (χ3n) is 5.35. The Morgan fingerprint density at radius 1 is 1.26 bits per heavy atom. The normalized spacial score (nSPS) is 20.5. The lowest BCUT2D eigenvalue weighted by atomic mass is 9.90. The molecule has 164 valence electrons. The van der Waals surface area contributed by atoms with Crippen LogP contribution in [-0.2, 0) is 27.1 Å². The molecule has 0 radical (unpaired) electrons. The molecule has 0 saturated carbocycles. The average Bonchev–Trinajstić information content (AvgIpc) is 3.41. The Labute approximate surface area is 188 Å². The van der Waals surface area contributed by atoms with Gasteiger partial charge in [0.25, 0.3) is 0 Å². The molecule has 4 rings (SSSR count). The Morgan fingerprint density at radius 2 is 2.10 bits per heavy atom. The van der Waals surface area contributed by atoms with Crippen LogP contribution in [0.25, 0.3) is 0 Å². The smallest absolute Gasteiger partial charge is 0.348 e. The summed E-state index contributed by atoms with van der Waals surface area (Å²) in [5.74, 6) is -0.398. The number of carbonyl (C=O) groups is 3. The summed E-state index contributed by atoms with van der Waals surface area (Å²) in [4.78, 5) is 40.2. The summed E-state index contributed by atoms with van der Waals surface area (Å²) in [6.45, 7) is 3.90. The van der Waals surface area contributed by atoms with Crippen LogP contribution in [0.4, 0.5) is 4.79 Å². The molecular weight excluding hydrogens is 436 g/mol. The van der Waals surface area contributed by atoms with Gasteiger partial charge in [0.05, 0.1) is 23.9 Å². The van der Waals surface area contributed by atoms with Crippen molar-refractivity contribution in [2.45, 2.75) is 39.2 Å². The van der Waals surface area contributed by atoms with Crippen molar-refractivity contribution in [3.05, 3.63) is 55.0 Å². The summed E-state index contributed by atoms with van der Waals surface area (Å²) < 4.78 is 10.7. The molecule has 2 N–H and O–H groups in total. The Hall–Kier alpha value is -2.65. The van der Waals surface area contributed by atoms with Crippen molar-refractivity contribution < 1.29 is 23.9 Å². The monoisotopic (exact) mass is 460 g/mol. The van der Waals surface area contributed by atoms with Crippen LogP contribution in [-0.4, -0.2) is 31.2 Å². The van der Waals surface area contributed by atoms with Crippen LogP contribution in [0.1, 0.15) is 51.3 Å². The van der Waals surface area contributed by atoms with Gasteiger partial charge in [0.2, 0.25) is 0 Å². The Kier molecular flexibility index (Phi) is 6.43. The van der Waals surface area contributed by atoms with Gasteiger partial charge in [-0.2, -0.15) is 0 Å². The van der Waals surface area contributed by atoms with Crippen LogP contribution in [0, 0.1) is 5.92 Å². The highest BCUT2D eigenvalue weighted by Gasteiger charge is 2.35. The molecule has 9 heteroatoms. The quantitative estimate of drug-likeness (QED) is 0.637. The number of fused-ring (bicyclic) bond motifs is 1. The predicted molar refractivity (Wildman–Crippen MR) is 118 cm³/mol. The first kappa shape index (κ1) is 21.6. The fraction of sp³-hybridized carbons (Fsp3) is 0.409. The summed E-state index contributed by atoms with van der Waals surface area (Å²) in [7, 11) is 0. The van der Waals surface area contributed by atoms with Gasteiger partial charge in [-0.05, 0) is 55.2 Å². The first-order valence-corrected chi connectivity index (χ1v) is 12.0. The van der Waals surface area contributed by atoms with E-state index in [9.17, 15) is 14.4 Å². The van der Waals surface area contributed by atoms with E-state index in [1.165, 1.54) is 33.1 Å². The van der Waals surface area contributed by atoms with Crippen LogP contribution in [0.3, 0.4) is 0 Å². The standard InChI is InChI=1S/C22H24N2O5S2/c1-3-28-21(26)18-14(23-22(27)24-19(18)16-5-4-8-30-16)11-29-20(25)17-10-13-9-12(2)6-7-15(13)31-17/h4-5,8,10,12,19H,3,6-7,9,11H2,1-2H3,(H2,23,24,27)/t12-,19-/m0/s1. The number of ether oxygens (including phenoxy) is 2. The molecule has 2 aromatic rings. The number of urea groups is 1. The minimum atomic E-state index is -0.656. The zero-order chi connectivity index (χ0) is 22.0. The zero-order valence-corrected chi connectivity index (χ0v) is 19.0. The van der Waals surface area contributed by atoms with E-state index in [2.05, 4.69) is 17.6 Å². The summed E-state index contributed by atoms with van der Waals surface area (Å²) in [5, 5.41) is 7.24. The van der Waals surface area contributed by atoms with Crippen molar-refractivity contribution in [1.29, 1.82) is 0 Å². The number of carbonyl (C=O) groups excluding carboxylic acids is 3. The number of nitrogens with one attached hydrogen (secondary N) is 2. The molecule has 1 aliphatic carbocycles. The lowest BCUT2D eigenvalue weighted by Crippen LogP contribution is -2.46. The second-order valence-corrected chi connectivity index (χ2v) is 9.76. The Balaban J connectivity index is 1.56. The molecule has 2 aliphatic rings. The molecule has 0 fully saturated rings. The second-order valence-electron chi connectivity index (χ2n) is 7.64. The molecule has 0 saturated heterocycles. The van der Waals surface area contributed by atoms with Gasteiger partial charge in [-0.25, -0.2) is 14.4 Å². The maximum absolute atomic E-state index is 12.7. The molecule has 3 heterocycles. The largest absolute Gasteiger partial charge is 0.463 e. The number of amides is 2. The third-order valence-corrected chi connectivity index (χ3v) is 7.51. The lowest BCUT2D eigenvalue weighted by molar-refractivity contribution is -0.139. The van der Waals surface area contributed by atoms with Gasteiger partial charge < -0.3 is 20.1 Å². The van der Waals surface area contributed by atoms with E-state index in [4.69, 9.17) is 9.47 Å². The number of hydrogen-bond acceptors (Lipinski definition) is 7. The number of esters is 2. The minimum absolute atomic E-state index is 0.194. The molecule has 0 aromatic carbocycles. The maximum Gasteiger partial charge on any atom is 0.348 e. The minimum Gasteiger partial charge on any atom is -0.463 e. The maximum atomic E-state index is 12.7. The van der Waals surface area contributed by atoms with E-state index >= 15 is 0 Å².